The zero-order valence-corrected chi connectivity index (χ0v) is 8.29. The smallest absolute Gasteiger partial charge is 0.116 e. The van der Waals surface area contributed by atoms with Gasteiger partial charge in [-0.1, -0.05) is 0 Å². The average molecular weight is 209 g/mol. The van der Waals surface area contributed by atoms with E-state index >= 15 is 0 Å². The Hall–Kier alpha value is -2.54. The van der Waals surface area contributed by atoms with Crippen LogP contribution in [-0.2, 0) is 0 Å². The average Bonchev–Trinajstić information content (AvgIpc) is 2.96. The first-order chi connectivity index (χ1) is 7.88. The highest BCUT2D eigenvalue weighted by Gasteiger charge is 2.05. The van der Waals surface area contributed by atoms with Crippen LogP contribution in [0.2, 0.25) is 0 Å². The first-order valence-electron chi connectivity index (χ1n) is 4.79. The van der Waals surface area contributed by atoms with Crippen molar-refractivity contribution in [1.82, 2.24) is 9.78 Å². The van der Waals surface area contributed by atoms with Crippen LogP contribution in [0.15, 0.2) is 47.4 Å². The Balaban J connectivity index is 2.26. The van der Waals surface area contributed by atoms with E-state index < -0.39 is 0 Å². The third-order valence-corrected chi connectivity index (χ3v) is 2.45. The Morgan fingerprint density at radius 3 is 3.00 bits per heavy atom. The van der Waals surface area contributed by atoms with Crippen molar-refractivity contribution in [2.75, 3.05) is 0 Å². The fourth-order valence-electron chi connectivity index (χ4n) is 1.69. The minimum absolute atomic E-state index is 0.638. The molecule has 3 aromatic rings. The van der Waals surface area contributed by atoms with Gasteiger partial charge in [-0.05, 0) is 18.2 Å². The summed E-state index contributed by atoms with van der Waals surface area (Å²) in [5.41, 5.74) is 2.47. The van der Waals surface area contributed by atoms with Crippen LogP contribution >= 0.6 is 0 Å². The van der Waals surface area contributed by atoms with E-state index in [2.05, 4.69) is 11.2 Å². The number of rotatable bonds is 1. The quantitative estimate of drug-likeness (QED) is 0.618. The van der Waals surface area contributed by atoms with Gasteiger partial charge < -0.3 is 4.42 Å². The van der Waals surface area contributed by atoms with Gasteiger partial charge in [-0.3, -0.25) is 0 Å². The van der Waals surface area contributed by atoms with E-state index in [1.165, 1.54) is 0 Å². The van der Waals surface area contributed by atoms with Gasteiger partial charge >= 0.3 is 0 Å². The number of benzene rings is 1. The highest BCUT2D eigenvalue weighted by atomic mass is 16.3. The molecule has 16 heavy (non-hydrogen) atoms. The molecular weight excluding hydrogens is 202 g/mol. The second-order valence-electron chi connectivity index (χ2n) is 3.42. The van der Waals surface area contributed by atoms with Crippen molar-refractivity contribution in [2.24, 2.45) is 0 Å². The molecule has 0 bridgehead atoms. The number of hydrogen-bond acceptors (Lipinski definition) is 3. The molecule has 0 N–H and O–H groups in total. The molecule has 1 aromatic carbocycles. The van der Waals surface area contributed by atoms with Crippen molar-refractivity contribution in [1.29, 1.82) is 5.26 Å². The minimum Gasteiger partial charge on any atom is -0.470 e. The summed E-state index contributed by atoms with van der Waals surface area (Å²) in [6.45, 7) is 0. The van der Waals surface area contributed by atoms with E-state index in [-0.39, 0.29) is 0 Å². The Morgan fingerprint density at radius 2 is 2.25 bits per heavy atom. The van der Waals surface area contributed by atoms with Gasteiger partial charge in [0.05, 0.1) is 29.6 Å². The normalized spacial score (nSPS) is 10.4. The fourth-order valence-corrected chi connectivity index (χ4v) is 1.69. The molecule has 0 spiro atoms. The summed E-state index contributed by atoms with van der Waals surface area (Å²) in [5.74, 6) is 0. The van der Waals surface area contributed by atoms with E-state index in [0.29, 0.717) is 5.56 Å². The van der Waals surface area contributed by atoms with Crippen LogP contribution < -0.4 is 0 Å². The molecular formula is C12H7N3O. The zero-order valence-electron chi connectivity index (χ0n) is 8.29. The minimum atomic E-state index is 0.638. The summed E-state index contributed by atoms with van der Waals surface area (Å²) in [6, 6.07) is 9.43. The molecule has 76 valence electrons. The van der Waals surface area contributed by atoms with E-state index in [1.54, 1.807) is 29.5 Å². The molecule has 0 saturated heterocycles. The fraction of sp³-hybridized carbons (Fsp3) is 0. The number of nitrogens with zero attached hydrogens (tertiary/aromatic N) is 3. The van der Waals surface area contributed by atoms with Crippen LogP contribution in [-0.4, -0.2) is 9.78 Å². The lowest BCUT2D eigenvalue weighted by Gasteiger charge is -1.98. The lowest BCUT2D eigenvalue weighted by Crippen LogP contribution is -1.92. The lowest BCUT2D eigenvalue weighted by atomic mass is 10.2. The Labute approximate surface area is 91.3 Å². The topological polar surface area (TPSA) is 54.8 Å². The van der Waals surface area contributed by atoms with Gasteiger partial charge in [0.15, 0.2) is 0 Å². The van der Waals surface area contributed by atoms with Crippen LogP contribution in [0, 0.1) is 11.3 Å². The van der Waals surface area contributed by atoms with Gasteiger partial charge in [0.1, 0.15) is 12.0 Å². The maximum Gasteiger partial charge on any atom is 0.116 e. The molecule has 4 nitrogen and oxygen atoms in total. The molecule has 3 rings (SSSR count). The SMILES string of the molecule is N#Cc1ccc2c(cnn2-c2ccoc2)c1. The van der Waals surface area contributed by atoms with Crippen LogP contribution in [0.4, 0.5) is 0 Å². The molecule has 0 fully saturated rings. The first-order valence-corrected chi connectivity index (χ1v) is 4.79. The summed E-state index contributed by atoms with van der Waals surface area (Å²) in [4.78, 5) is 0. The summed E-state index contributed by atoms with van der Waals surface area (Å²) in [7, 11) is 0. The monoisotopic (exact) mass is 209 g/mol. The first kappa shape index (κ1) is 8.74. The molecule has 0 aliphatic heterocycles. The summed E-state index contributed by atoms with van der Waals surface area (Å²) >= 11 is 0. The molecule has 0 atom stereocenters. The molecule has 0 amide bonds. The van der Waals surface area contributed by atoms with Crippen LogP contribution in [0.1, 0.15) is 5.56 Å². The van der Waals surface area contributed by atoms with Crippen molar-refractivity contribution in [2.45, 2.75) is 0 Å². The second-order valence-corrected chi connectivity index (χ2v) is 3.42. The summed E-state index contributed by atoms with van der Waals surface area (Å²) < 4.78 is 6.80. The number of furan rings is 1. The molecule has 0 aliphatic carbocycles. The van der Waals surface area contributed by atoms with Crippen molar-refractivity contribution < 1.29 is 4.42 Å². The Kier molecular flexibility index (Phi) is 1.77. The van der Waals surface area contributed by atoms with Gasteiger partial charge in [-0.15, -0.1) is 0 Å². The molecule has 0 radical (unpaired) electrons. The number of aromatic nitrogens is 2. The lowest BCUT2D eigenvalue weighted by molar-refractivity contribution is 0.565. The van der Waals surface area contributed by atoms with Crippen molar-refractivity contribution in [3.8, 4) is 11.8 Å². The Bertz CT molecular complexity index is 674. The summed E-state index contributed by atoms with van der Waals surface area (Å²) in [5, 5.41) is 14.0. The van der Waals surface area contributed by atoms with E-state index in [4.69, 9.17) is 9.68 Å². The van der Waals surface area contributed by atoms with Crippen molar-refractivity contribution in [3.05, 3.63) is 48.6 Å². The number of nitriles is 1. The van der Waals surface area contributed by atoms with Crippen molar-refractivity contribution in [3.63, 3.8) is 0 Å². The molecule has 2 aromatic heterocycles. The number of hydrogen-bond donors (Lipinski definition) is 0. The third-order valence-electron chi connectivity index (χ3n) is 2.45. The van der Waals surface area contributed by atoms with Crippen LogP contribution in [0.25, 0.3) is 16.6 Å². The zero-order chi connectivity index (χ0) is 11.0. The molecule has 2 heterocycles. The van der Waals surface area contributed by atoms with Gasteiger partial charge in [0, 0.05) is 11.5 Å². The standard InChI is InChI=1S/C12H7N3O/c13-6-9-1-2-12-10(5-9)7-14-15(12)11-3-4-16-8-11/h1-5,7-8H. The van der Waals surface area contributed by atoms with E-state index in [9.17, 15) is 0 Å². The van der Waals surface area contributed by atoms with Gasteiger partial charge in [-0.2, -0.15) is 10.4 Å². The predicted molar refractivity (Wildman–Crippen MR) is 58.1 cm³/mol. The largest absolute Gasteiger partial charge is 0.470 e. The maximum atomic E-state index is 8.80. The van der Waals surface area contributed by atoms with E-state index in [1.807, 2.05) is 18.2 Å². The van der Waals surface area contributed by atoms with Crippen LogP contribution in [0.5, 0.6) is 0 Å². The molecule has 0 saturated carbocycles. The highest BCUT2D eigenvalue weighted by molar-refractivity contribution is 5.81. The molecule has 0 unspecified atom stereocenters. The second kappa shape index (κ2) is 3.24. The Morgan fingerprint density at radius 1 is 1.31 bits per heavy atom. The third kappa shape index (κ3) is 1.19. The van der Waals surface area contributed by atoms with Crippen molar-refractivity contribution >= 4 is 10.9 Å². The summed E-state index contributed by atoms with van der Waals surface area (Å²) in [6.07, 6.45) is 4.97. The number of fused-ring (bicyclic) bond motifs is 1. The molecule has 4 heteroatoms. The van der Waals surface area contributed by atoms with E-state index in [0.717, 1.165) is 16.6 Å². The predicted octanol–water partition coefficient (Wildman–Crippen LogP) is 2.49. The highest BCUT2D eigenvalue weighted by Crippen LogP contribution is 2.19. The maximum absolute atomic E-state index is 8.80. The molecule has 0 aliphatic rings. The van der Waals surface area contributed by atoms with Gasteiger partial charge in [0.25, 0.3) is 0 Å². The van der Waals surface area contributed by atoms with Gasteiger partial charge in [-0.25, -0.2) is 4.68 Å². The van der Waals surface area contributed by atoms with Crippen LogP contribution in [0.3, 0.4) is 0 Å². The van der Waals surface area contributed by atoms with Gasteiger partial charge in [0.2, 0.25) is 0 Å².